The molecule has 0 aliphatic heterocycles. The number of carbonyl (C=O) groups is 1. The maximum absolute atomic E-state index is 12.1. The largest absolute Gasteiger partial charge is 0.348 e. The first-order valence-corrected chi connectivity index (χ1v) is 6.67. The van der Waals surface area contributed by atoms with E-state index in [4.69, 9.17) is 17.3 Å². The zero-order valence-electron chi connectivity index (χ0n) is 11.4. The minimum atomic E-state index is -0.624. The first-order valence-electron chi connectivity index (χ1n) is 6.30. The molecule has 3 N–H and O–H groups in total. The highest BCUT2D eigenvalue weighted by atomic mass is 35.5. The van der Waals surface area contributed by atoms with Crippen molar-refractivity contribution in [2.24, 2.45) is 11.7 Å². The van der Waals surface area contributed by atoms with E-state index in [9.17, 15) is 14.9 Å². The lowest BCUT2D eigenvalue weighted by Crippen LogP contribution is -2.41. The van der Waals surface area contributed by atoms with Gasteiger partial charge in [-0.1, -0.05) is 25.4 Å². The smallest absolute Gasteiger partial charge is 0.283 e. The highest BCUT2D eigenvalue weighted by Gasteiger charge is 2.22. The number of rotatable bonds is 6. The van der Waals surface area contributed by atoms with Gasteiger partial charge in [0.2, 0.25) is 0 Å². The molecule has 1 aromatic carbocycles. The molecule has 0 saturated carbocycles. The number of nitrogens with two attached hydrogens (primary N) is 1. The number of nitro benzene ring substituents is 1. The van der Waals surface area contributed by atoms with Crippen molar-refractivity contribution < 1.29 is 9.72 Å². The summed E-state index contributed by atoms with van der Waals surface area (Å²) in [7, 11) is 0. The van der Waals surface area contributed by atoms with Crippen LogP contribution < -0.4 is 11.1 Å². The van der Waals surface area contributed by atoms with Crippen LogP contribution in [0.4, 0.5) is 5.69 Å². The summed E-state index contributed by atoms with van der Waals surface area (Å²) in [5.41, 5.74) is 5.28. The third-order valence-electron chi connectivity index (χ3n) is 2.78. The molecule has 0 heterocycles. The molecule has 6 nitrogen and oxygen atoms in total. The van der Waals surface area contributed by atoms with E-state index >= 15 is 0 Å². The minimum Gasteiger partial charge on any atom is -0.348 e. The van der Waals surface area contributed by atoms with Crippen molar-refractivity contribution in [3.05, 3.63) is 38.9 Å². The fourth-order valence-corrected chi connectivity index (χ4v) is 2.06. The number of amides is 1. The number of nitrogens with one attached hydrogen (secondary N) is 1. The maximum atomic E-state index is 12.1. The maximum Gasteiger partial charge on any atom is 0.283 e. The third kappa shape index (κ3) is 4.47. The van der Waals surface area contributed by atoms with E-state index in [0.717, 1.165) is 6.07 Å². The van der Waals surface area contributed by atoms with Crippen LogP contribution in [0.15, 0.2) is 18.2 Å². The minimum absolute atomic E-state index is 0.0124. The van der Waals surface area contributed by atoms with E-state index in [-0.39, 0.29) is 28.9 Å². The summed E-state index contributed by atoms with van der Waals surface area (Å²) >= 11 is 5.71. The summed E-state index contributed by atoms with van der Waals surface area (Å²) in [5, 5.41) is 13.9. The number of halogens is 1. The second-order valence-corrected chi connectivity index (χ2v) is 5.39. The molecule has 1 atom stereocenters. The Morgan fingerprint density at radius 1 is 1.50 bits per heavy atom. The summed E-state index contributed by atoms with van der Waals surface area (Å²) in [6.45, 7) is 4.31. The van der Waals surface area contributed by atoms with Crippen LogP contribution in [0, 0.1) is 16.0 Å². The Hall–Kier alpha value is -1.66. The van der Waals surface area contributed by atoms with Crippen LogP contribution in [-0.4, -0.2) is 23.4 Å². The van der Waals surface area contributed by atoms with Crippen LogP contribution in [0.2, 0.25) is 5.02 Å². The molecule has 1 aromatic rings. The van der Waals surface area contributed by atoms with Gasteiger partial charge in [0.1, 0.15) is 5.56 Å². The van der Waals surface area contributed by atoms with Gasteiger partial charge < -0.3 is 11.1 Å². The Balaban J connectivity index is 2.94. The van der Waals surface area contributed by atoms with Gasteiger partial charge in [0, 0.05) is 23.7 Å². The Bertz CT molecular complexity index is 506. The molecule has 0 aliphatic carbocycles. The summed E-state index contributed by atoms with van der Waals surface area (Å²) in [4.78, 5) is 22.4. The van der Waals surface area contributed by atoms with E-state index in [2.05, 4.69) is 5.32 Å². The zero-order chi connectivity index (χ0) is 15.3. The molecule has 0 fully saturated rings. The molecule has 1 amide bonds. The van der Waals surface area contributed by atoms with E-state index in [1.807, 2.05) is 13.8 Å². The first-order chi connectivity index (χ1) is 9.35. The van der Waals surface area contributed by atoms with Gasteiger partial charge in [-0.05, 0) is 24.5 Å². The Morgan fingerprint density at radius 3 is 2.65 bits per heavy atom. The lowest BCUT2D eigenvalue weighted by molar-refractivity contribution is -0.385. The molecular formula is C13H18ClN3O3. The summed E-state index contributed by atoms with van der Waals surface area (Å²) in [6, 6.07) is 3.75. The highest BCUT2D eigenvalue weighted by molar-refractivity contribution is 6.31. The molecule has 20 heavy (non-hydrogen) atoms. The van der Waals surface area contributed by atoms with E-state index in [0.29, 0.717) is 12.3 Å². The SMILES string of the molecule is CC(C)CC(CN)NC(=O)c1ccc(Cl)cc1[N+](=O)[O-]. The first kappa shape index (κ1) is 16.4. The molecule has 0 aromatic heterocycles. The van der Waals surface area contributed by atoms with Crippen molar-refractivity contribution in [2.45, 2.75) is 26.3 Å². The van der Waals surface area contributed by atoms with Gasteiger partial charge >= 0.3 is 0 Å². The Kier molecular flexibility index (Phi) is 5.91. The predicted octanol–water partition coefficient (Wildman–Crippen LogP) is 2.35. The molecule has 1 rings (SSSR count). The molecule has 0 bridgehead atoms. The second-order valence-electron chi connectivity index (χ2n) is 4.95. The average molecular weight is 300 g/mol. The molecule has 0 saturated heterocycles. The number of benzene rings is 1. The quantitative estimate of drug-likeness (QED) is 0.622. The van der Waals surface area contributed by atoms with E-state index in [1.54, 1.807) is 0 Å². The molecular weight excluding hydrogens is 282 g/mol. The highest BCUT2D eigenvalue weighted by Crippen LogP contribution is 2.23. The molecule has 0 spiro atoms. The Labute approximate surface area is 122 Å². The van der Waals surface area contributed by atoms with Crippen LogP contribution >= 0.6 is 11.6 Å². The molecule has 0 radical (unpaired) electrons. The van der Waals surface area contributed by atoms with Crippen molar-refractivity contribution in [3.8, 4) is 0 Å². The molecule has 7 heteroatoms. The molecule has 1 unspecified atom stereocenters. The molecule has 110 valence electrons. The van der Waals surface area contributed by atoms with E-state index in [1.165, 1.54) is 12.1 Å². The van der Waals surface area contributed by atoms with Crippen LogP contribution in [0.25, 0.3) is 0 Å². The third-order valence-corrected chi connectivity index (χ3v) is 3.01. The van der Waals surface area contributed by atoms with Crippen molar-refractivity contribution >= 4 is 23.2 Å². The lowest BCUT2D eigenvalue weighted by Gasteiger charge is -2.18. The Morgan fingerprint density at radius 2 is 2.15 bits per heavy atom. The summed E-state index contributed by atoms with van der Waals surface area (Å²) in [5.74, 6) is -0.145. The standard InChI is InChI=1S/C13H18ClN3O3/c1-8(2)5-10(7-15)16-13(18)11-4-3-9(14)6-12(11)17(19)20/h3-4,6,8,10H,5,7,15H2,1-2H3,(H,16,18). The van der Waals surface area contributed by atoms with Gasteiger partial charge in [0.15, 0.2) is 0 Å². The van der Waals surface area contributed by atoms with Crippen LogP contribution in [0.1, 0.15) is 30.6 Å². The molecule has 0 aliphatic rings. The summed E-state index contributed by atoms with van der Waals surface area (Å²) < 4.78 is 0. The van der Waals surface area contributed by atoms with Crippen LogP contribution in [0.3, 0.4) is 0 Å². The van der Waals surface area contributed by atoms with E-state index < -0.39 is 10.8 Å². The van der Waals surface area contributed by atoms with Gasteiger partial charge in [-0.2, -0.15) is 0 Å². The van der Waals surface area contributed by atoms with Crippen molar-refractivity contribution in [3.63, 3.8) is 0 Å². The van der Waals surface area contributed by atoms with Crippen molar-refractivity contribution in [1.82, 2.24) is 5.32 Å². The topological polar surface area (TPSA) is 98.3 Å². The van der Waals surface area contributed by atoms with Crippen molar-refractivity contribution in [2.75, 3.05) is 6.54 Å². The lowest BCUT2D eigenvalue weighted by atomic mass is 10.0. The number of nitrogens with zero attached hydrogens (tertiary/aromatic N) is 1. The van der Waals surface area contributed by atoms with Gasteiger partial charge in [-0.3, -0.25) is 14.9 Å². The van der Waals surface area contributed by atoms with Gasteiger partial charge in [0.05, 0.1) is 4.92 Å². The fourth-order valence-electron chi connectivity index (χ4n) is 1.89. The fraction of sp³-hybridized carbons (Fsp3) is 0.462. The van der Waals surface area contributed by atoms with Gasteiger partial charge in [-0.25, -0.2) is 0 Å². The number of hydrogen-bond acceptors (Lipinski definition) is 4. The van der Waals surface area contributed by atoms with Gasteiger partial charge in [0.25, 0.3) is 11.6 Å². The number of carbonyl (C=O) groups excluding carboxylic acids is 1. The van der Waals surface area contributed by atoms with Gasteiger partial charge in [-0.15, -0.1) is 0 Å². The second kappa shape index (κ2) is 7.21. The monoisotopic (exact) mass is 299 g/mol. The average Bonchev–Trinajstić information content (AvgIpc) is 2.36. The van der Waals surface area contributed by atoms with Crippen LogP contribution in [-0.2, 0) is 0 Å². The number of hydrogen-bond donors (Lipinski definition) is 2. The number of nitro groups is 1. The zero-order valence-corrected chi connectivity index (χ0v) is 12.2. The normalized spacial score (nSPS) is 12.2. The summed E-state index contributed by atoms with van der Waals surface area (Å²) in [6.07, 6.45) is 0.712. The van der Waals surface area contributed by atoms with Crippen molar-refractivity contribution in [1.29, 1.82) is 0 Å². The predicted molar refractivity (Wildman–Crippen MR) is 77.9 cm³/mol. The van der Waals surface area contributed by atoms with Crippen LogP contribution in [0.5, 0.6) is 0 Å².